The highest BCUT2D eigenvalue weighted by atomic mass is 32.2. The van der Waals surface area contributed by atoms with Gasteiger partial charge >= 0.3 is 6.03 Å². The van der Waals surface area contributed by atoms with Gasteiger partial charge in [0.2, 0.25) is 5.91 Å². The predicted molar refractivity (Wildman–Crippen MR) is 104 cm³/mol. The van der Waals surface area contributed by atoms with Crippen LogP contribution in [0.25, 0.3) is 0 Å². The van der Waals surface area contributed by atoms with Crippen LogP contribution in [0.15, 0.2) is 30.3 Å². The zero-order chi connectivity index (χ0) is 20.9. The molecule has 2 N–H and O–H groups in total. The Kier molecular flexibility index (Phi) is 6.39. The van der Waals surface area contributed by atoms with Crippen LogP contribution in [0, 0.1) is 11.3 Å². The second-order valence-electron chi connectivity index (χ2n) is 7.25. The van der Waals surface area contributed by atoms with E-state index in [1.165, 1.54) is 4.90 Å². The Morgan fingerprint density at radius 1 is 1.21 bits per heavy atom. The number of rotatable bonds is 7. The molecular formula is C19H24N4O5S. The molecule has 9 nitrogen and oxygen atoms in total. The molecule has 0 bridgehead atoms. The van der Waals surface area contributed by atoms with Crippen molar-refractivity contribution in [2.75, 3.05) is 32.8 Å². The van der Waals surface area contributed by atoms with Gasteiger partial charge in [-0.25, -0.2) is 13.2 Å². The van der Waals surface area contributed by atoms with Crippen molar-refractivity contribution < 1.29 is 22.7 Å². The molecular weight excluding hydrogens is 396 g/mol. The molecule has 3 rings (SSSR count). The minimum Gasteiger partial charge on any atom is -0.378 e. The Morgan fingerprint density at radius 3 is 2.45 bits per heavy atom. The lowest BCUT2D eigenvalue weighted by Gasteiger charge is -2.28. The first-order valence-corrected chi connectivity index (χ1v) is 11.2. The molecule has 2 aliphatic rings. The summed E-state index contributed by atoms with van der Waals surface area (Å²) in [7, 11) is -3.93. The molecule has 1 aromatic rings. The van der Waals surface area contributed by atoms with Crippen LogP contribution in [0.2, 0.25) is 0 Å². The number of benzene rings is 1. The van der Waals surface area contributed by atoms with Crippen molar-refractivity contribution >= 4 is 21.8 Å². The summed E-state index contributed by atoms with van der Waals surface area (Å²) in [4.78, 5) is 26.6. The van der Waals surface area contributed by atoms with E-state index in [-0.39, 0.29) is 12.3 Å². The molecule has 156 valence electrons. The van der Waals surface area contributed by atoms with E-state index in [9.17, 15) is 23.3 Å². The molecule has 1 aromatic carbocycles. The van der Waals surface area contributed by atoms with E-state index in [1.54, 1.807) is 30.3 Å². The number of sulfone groups is 1. The number of carbonyl (C=O) groups is 2. The lowest BCUT2D eigenvalue weighted by molar-refractivity contribution is -0.121. The third-order valence-electron chi connectivity index (χ3n) is 5.00. The first-order valence-electron chi connectivity index (χ1n) is 9.44. The minimum atomic E-state index is -3.93. The number of hydrogen-bond acceptors (Lipinski definition) is 6. The van der Waals surface area contributed by atoms with E-state index in [0.29, 0.717) is 44.7 Å². The molecule has 1 atom stereocenters. The summed E-state index contributed by atoms with van der Waals surface area (Å²) in [5.74, 6) is -1.10. The smallest absolute Gasteiger partial charge is 0.317 e. The number of morpholine rings is 1. The van der Waals surface area contributed by atoms with Gasteiger partial charge in [0.05, 0.1) is 25.0 Å². The van der Waals surface area contributed by atoms with E-state index < -0.39 is 32.6 Å². The fraction of sp³-hybridized carbons (Fsp3) is 0.526. The number of amides is 3. The molecule has 1 saturated carbocycles. The van der Waals surface area contributed by atoms with Gasteiger partial charge in [0.15, 0.2) is 15.1 Å². The molecule has 2 fully saturated rings. The van der Waals surface area contributed by atoms with Crippen molar-refractivity contribution in [1.29, 1.82) is 5.26 Å². The van der Waals surface area contributed by atoms with Crippen molar-refractivity contribution in [2.45, 2.75) is 29.4 Å². The van der Waals surface area contributed by atoms with Crippen molar-refractivity contribution in [3.63, 3.8) is 0 Å². The zero-order valence-electron chi connectivity index (χ0n) is 16.0. The van der Waals surface area contributed by atoms with Crippen LogP contribution in [0.1, 0.15) is 18.4 Å². The van der Waals surface area contributed by atoms with E-state index in [0.717, 1.165) is 0 Å². The van der Waals surface area contributed by atoms with Gasteiger partial charge in [0.25, 0.3) is 0 Å². The Hall–Kier alpha value is -2.64. The highest BCUT2D eigenvalue weighted by Gasteiger charge is 2.47. The molecule has 29 heavy (non-hydrogen) atoms. The van der Waals surface area contributed by atoms with Crippen molar-refractivity contribution in [3.05, 3.63) is 35.9 Å². The Balaban J connectivity index is 1.72. The molecule has 1 heterocycles. The SMILES string of the molecule is N#CC1(NC(=O)C(CNC(=O)N2CCOCC2)S(=O)(=O)Cc2ccccc2)CC1. The molecule has 1 unspecified atom stereocenters. The third kappa shape index (κ3) is 5.46. The number of hydrogen-bond donors (Lipinski definition) is 2. The van der Waals surface area contributed by atoms with Crippen LogP contribution in [-0.4, -0.2) is 68.9 Å². The van der Waals surface area contributed by atoms with Gasteiger partial charge in [-0.05, 0) is 18.4 Å². The van der Waals surface area contributed by atoms with Crippen molar-refractivity contribution in [3.8, 4) is 6.07 Å². The summed E-state index contributed by atoms with van der Waals surface area (Å²) < 4.78 is 31.2. The van der Waals surface area contributed by atoms with E-state index in [2.05, 4.69) is 10.6 Å². The van der Waals surface area contributed by atoms with Gasteiger partial charge in [-0.15, -0.1) is 0 Å². The maximum Gasteiger partial charge on any atom is 0.317 e. The minimum absolute atomic E-state index is 0.334. The van der Waals surface area contributed by atoms with Crippen LogP contribution in [0.4, 0.5) is 4.79 Å². The van der Waals surface area contributed by atoms with Gasteiger partial charge in [-0.1, -0.05) is 30.3 Å². The lowest BCUT2D eigenvalue weighted by Crippen LogP contribution is -2.53. The van der Waals surface area contributed by atoms with Crippen LogP contribution in [0.5, 0.6) is 0 Å². The highest BCUT2D eigenvalue weighted by Crippen LogP contribution is 2.34. The largest absolute Gasteiger partial charge is 0.378 e. The maximum absolute atomic E-state index is 13.0. The molecule has 1 aliphatic carbocycles. The van der Waals surface area contributed by atoms with Gasteiger partial charge < -0.3 is 20.3 Å². The van der Waals surface area contributed by atoms with Crippen molar-refractivity contribution in [1.82, 2.24) is 15.5 Å². The monoisotopic (exact) mass is 420 g/mol. The van der Waals surface area contributed by atoms with Crippen LogP contribution >= 0.6 is 0 Å². The molecule has 10 heteroatoms. The molecule has 0 spiro atoms. The fourth-order valence-corrected chi connectivity index (χ4v) is 4.63. The summed E-state index contributed by atoms with van der Waals surface area (Å²) in [5.41, 5.74) is -0.447. The average Bonchev–Trinajstić information content (AvgIpc) is 3.48. The Bertz CT molecular complexity index is 887. The number of urea groups is 1. The number of nitriles is 1. The quantitative estimate of drug-likeness (QED) is 0.648. The number of nitrogens with one attached hydrogen (secondary N) is 2. The number of ether oxygens (including phenoxy) is 1. The van der Waals surface area contributed by atoms with Crippen LogP contribution in [-0.2, 0) is 25.1 Å². The third-order valence-corrected chi connectivity index (χ3v) is 6.98. The topological polar surface area (TPSA) is 129 Å². The van der Waals surface area contributed by atoms with E-state index in [4.69, 9.17) is 4.74 Å². The number of carbonyl (C=O) groups excluding carboxylic acids is 2. The summed E-state index contributed by atoms with van der Waals surface area (Å²) >= 11 is 0. The molecule has 0 radical (unpaired) electrons. The van der Waals surface area contributed by atoms with Crippen LogP contribution in [0.3, 0.4) is 0 Å². The lowest BCUT2D eigenvalue weighted by atomic mass is 10.2. The predicted octanol–water partition coefficient (Wildman–Crippen LogP) is 0.184. The van der Waals surface area contributed by atoms with Crippen LogP contribution < -0.4 is 10.6 Å². The standard InChI is InChI=1S/C19H24N4O5S/c20-14-19(6-7-19)22-17(24)16(12-21-18(25)23-8-10-28-11-9-23)29(26,27)13-15-4-2-1-3-5-15/h1-5,16H,6-13H2,(H,21,25)(H,22,24). The Morgan fingerprint density at radius 2 is 1.86 bits per heavy atom. The number of nitrogens with zero attached hydrogens (tertiary/aromatic N) is 2. The second-order valence-corrected chi connectivity index (χ2v) is 9.43. The van der Waals surface area contributed by atoms with E-state index >= 15 is 0 Å². The van der Waals surface area contributed by atoms with Gasteiger partial charge in [0.1, 0.15) is 5.54 Å². The normalized spacial score (nSPS) is 18.9. The highest BCUT2D eigenvalue weighted by molar-refractivity contribution is 7.92. The summed E-state index contributed by atoms with van der Waals surface area (Å²) in [6, 6.07) is 10.1. The van der Waals surface area contributed by atoms with Crippen molar-refractivity contribution in [2.24, 2.45) is 0 Å². The van der Waals surface area contributed by atoms with Gasteiger partial charge in [0, 0.05) is 19.6 Å². The first kappa shape index (κ1) is 21.1. The summed E-state index contributed by atoms with van der Waals surface area (Å²) in [6.45, 7) is 1.26. The fourth-order valence-electron chi connectivity index (χ4n) is 3.05. The summed E-state index contributed by atoms with van der Waals surface area (Å²) in [5, 5.41) is 12.8. The summed E-state index contributed by atoms with van der Waals surface area (Å²) in [6.07, 6.45) is 0.974. The molecule has 1 saturated heterocycles. The maximum atomic E-state index is 13.0. The average molecular weight is 420 g/mol. The molecule has 3 amide bonds. The molecule has 1 aliphatic heterocycles. The zero-order valence-corrected chi connectivity index (χ0v) is 16.8. The van der Waals surface area contributed by atoms with E-state index in [1.807, 2.05) is 6.07 Å². The van der Waals surface area contributed by atoms with Gasteiger partial charge in [-0.2, -0.15) is 5.26 Å². The Labute approximate surface area is 169 Å². The second kappa shape index (κ2) is 8.80. The van der Waals surface area contributed by atoms with Gasteiger partial charge in [-0.3, -0.25) is 4.79 Å². The first-order chi connectivity index (χ1) is 13.9. The molecule has 0 aromatic heterocycles.